The lowest BCUT2D eigenvalue weighted by Crippen LogP contribution is -2.36. The van der Waals surface area contributed by atoms with Gasteiger partial charge in [0.05, 0.1) is 28.8 Å². The molecular formula is C31H23N3O7. The summed E-state index contributed by atoms with van der Waals surface area (Å²) in [6, 6.07) is 29.4. The van der Waals surface area contributed by atoms with Crippen LogP contribution >= 0.6 is 0 Å². The summed E-state index contributed by atoms with van der Waals surface area (Å²) in [5.41, 5.74) is 2.20. The van der Waals surface area contributed by atoms with Crippen molar-refractivity contribution in [2.45, 2.75) is 18.7 Å². The number of hydroxylamine groups is 1. The predicted molar refractivity (Wildman–Crippen MR) is 147 cm³/mol. The van der Waals surface area contributed by atoms with Crippen LogP contribution in [0.5, 0.6) is 5.75 Å². The molecule has 2 heterocycles. The molecule has 0 radical (unpaired) electrons. The zero-order valence-corrected chi connectivity index (χ0v) is 21.5. The van der Waals surface area contributed by atoms with E-state index in [1.165, 1.54) is 34.2 Å². The molecule has 0 aliphatic carbocycles. The number of hydrogen-bond donors (Lipinski definition) is 0. The van der Waals surface area contributed by atoms with Gasteiger partial charge < -0.3 is 4.74 Å². The first kappa shape index (κ1) is 25.9. The van der Waals surface area contributed by atoms with Gasteiger partial charge in [-0.2, -0.15) is 0 Å². The number of amides is 2. The normalized spacial score (nSPS) is 19.8. The fourth-order valence-electron chi connectivity index (χ4n) is 5.15. The maximum atomic E-state index is 13.7. The van der Waals surface area contributed by atoms with Crippen LogP contribution in [0.25, 0.3) is 0 Å². The van der Waals surface area contributed by atoms with Crippen LogP contribution < -0.4 is 9.80 Å². The van der Waals surface area contributed by atoms with Crippen molar-refractivity contribution in [3.8, 4) is 5.75 Å². The third-order valence-electron chi connectivity index (χ3n) is 7.15. The van der Waals surface area contributed by atoms with Crippen molar-refractivity contribution >= 4 is 29.2 Å². The maximum absolute atomic E-state index is 13.7. The summed E-state index contributed by atoms with van der Waals surface area (Å²) in [5.74, 6) is -1.90. The number of hydrogen-bond acceptors (Lipinski definition) is 8. The molecule has 204 valence electrons. The first-order valence-electron chi connectivity index (χ1n) is 12.9. The molecule has 6 rings (SSSR count). The molecule has 0 unspecified atom stereocenters. The van der Waals surface area contributed by atoms with E-state index in [4.69, 9.17) is 9.57 Å². The number of carbonyl (C=O) groups excluding carboxylic acids is 3. The largest absolute Gasteiger partial charge is 0.423 e. The standard InChI is InChI=1S/C31H23N3O7/c35-29-26-27(21-11-17-25(18-12-21)40-31(37)22-9-5-2-6-10-22)33(23-13-15-24(16-14-23)34(38)39)41-28(26)30(36)32(29)19-20-7-3-1-4-8-20/h1-18,26-28H,19H2/t26-,27-,28+/m0/s1. The first-order valence-corrected chi connectivity index (χ1v) is 12.9. The van der Waals surface area contributed by atoms with E-state index in [-0.39, 0.29) is 18.1 Å². The highest BCUT2D eigenvalue weighted by Gasteiger charge is 2.59. The minimum Gasteiger partial charge on any atom is -0.423 e. The van der Waals surface area contributed by atoms with Crippen molar-refractivity contribution in [1.82, 2.24) is 4.90 Å². The average molecular weight is 550 g/mol. The number of carbonyl (C=O) groups is 3. The molecule has 2 amide bonds. The van der Waals surface area contributed by atoms with E-state index in [2.05, 4.69) is 0 Å². The highest BCUT2D eigenvalue weighted by Crippen LogP contribution is 2.47. The Hall–Kier alpha value is -5.35. The molecule has 2 aliphatic rings. The van der Waals surface area contributed by atoms with Crippen molar-refractivity contribution < 1.29 is 28.9 Å². The first-order chi connectivity index (χ1) is 19.9. The number of rotatable bonds is 7. The molecule has 2 saturated heterocycles. The third kappa shape index (κ3) is 4.92. The van der Waals surface area contributed by atoms with Gasteiger partial charge in [0.25, 0.3) is 11.6 Å². The second-order valence-corrected chi connectivity index (χ2v) is 9.67. The van der Waals surface area contributed by atoms with E-state index in [0.29, 0.717) is 22.6 Å². The maximum Gasteiger partial charge on any atom is 0.343 e. The van der Waals surface area contributed by atoms with E-state index >= 15 is 0 Å². The van der Waals surface area contributed by atoms with Crippen LogP contribution in [-0.2, 0) is 21.0 Å². The molecule has 4 aromatic carbocycles. The number of benzene rings is 4. The summed E-state index contributed by atoms with van der Waals surface area (Å²) in [4.78, 5) is 57.6. The van der Waals surface area contributed by atoms with Crippen LogP contribution in [0.2, 0.25) is 0 Å². The van der Waals surface area contributed by atoms with E-state index in [0.717, 1.165) is 5.56 Å². The van der Waals surface area contributed by atoms with Crippen molar-refractivity contribution in [1.29, 1.82) is 0 Å². The molecule has 0 bridgehead atoms. The van der Waals surface area contributed by atoms with Gasteiger partial charge in [-0.25, -0.2) is 9.86 Å². The molecule has 10 nitrogen and oxygen atoms in total. The number of nitrogens with zero attached hydrogens (tertiary/aromatic N) is 3. The SMILES string of the molecule is O=C(Oc1ccc([C@H]2[C@@H]3C(=O)N(Cc4ccccc4)C(=O)[C@@H]3ON2c2ccc([N+](=O)[O-])cc2)cc1)c1ccccc1. The van der Waals surface area contributed by atoms with Gasteiger partial charge in [0.15, 0.2) is 6.10 Å². The second-order valence-electron chi connectivity index (χ2n) is 9.67. The highest BCUT2D eigenvalue weighted by molar-refractivity contribution is 6.07. The van der Waals surface area contributed by atoms with Crippen molar-refractivity contribution in [3.05, 3.63) is 136 Å². The summed E-state index contributed by atoms with van der Waals surface area (Å²) in [7, 11) is 0. The fourth-order valence-corrected chi connectivity index (χ4v) is 5.15. The number of likely N-dealkylation sites (tertiary alicyclic amines) is 1. The van der Waals surface area contributed by atoms with E-state index in [1.807, 2.05) is 30.3 Å². The Morgan fingerprint density at radius 3 is 2.10 bits per heavy atom. The van der Waals surface area contributed by atoms with Crippen LogP contribution in [-0.4, -0.2) is 33.7 Å². The Kier molecular flexibility index (Phi) is 6.74. The summed E-state index contributed by atoms with van der Waals surface area (Å²) < 4.78 is 5.50. The Morgan fingerprint density at radius 2 is 1.46 bits per heavy atom. The zero-order chi connectivity index (χ0) is 28.5. The van der Waals surface area contributed by atoms with Crippen molar-refractivity contribution in [2.24, 2.45) is 5.92 Å². The van der Waals surface area contributed by atoms with Crippen molar-refractivity contribution in [3.63, 3.8) is 0 Å². The fraction of sp³-hybridized carbons (Fsp3) is 0.129. The Labute approximate surface area is 234 Å². The predicted octanol–water partition coefficient (Wildman–Crippen LogP) is 4.86. The van der Waals surface area contributed by atoms with Crippen LogP contribution in [0.3, 0.4) is 0 Å². The van der Waals surface area contributed by atoms with Gasteiger partial charge in [-0.05, 0) is 47.5 Å². The molecule has 41 heavy (non-hydrogen) atoms. The highest BCUT2D eigenvalue weighted by atomic mass is 16.7. The molecule has 2 aliphatic heterocycles. The van der Waals surface area contributed by atoms with Gasteiger partial charge in [0, 0.05) is 12.1 Å². The molecule has 2 fully saturated rings. The van der Waals surface area contributed by atoms with E-state index in [9.17, 15) is 24.5 Å². The number of esters is 1. The smallest absolute Gasteiger partial charge is 0.343 e. The lowest BCUT2D eigenvalue weighted by Gasteiger charge is -2.28. The minimum absolute atomic E-state index is 0.101. The Bertz CT molecular complexity index is 1610. The second kappa shape index (κ2) is 10.7. The summed E-state index contributed by atoms with van der Waals surface area (Å²) in [6.45, 7) is 0.119. The molecule has 3 atom stereocenters. The van der Waals surface area contributed by atoms with Crippen LogP contribution in [0.4, 0.5) is 11.4 Å². The van der Waals surface area contributed by atoms with Crippen molar-refractivity contribution in [2.75, 3.05) is 5.06 Å². The Balaban J connectivity index is 1.31. The average Bonchev–Trinajstić information content (AvgIpc) is 3.50. The number of fused-ring (bicyclic) bond motifs is 1. The number of ether oxygens (including phenoxy) is 1. The van der Waals surface area contributed by atoms with E-state index in [1.54, 1.807) is 54.6 Å². The molecule has 0 saturated carbocycles. The summed E-state index contributed by atoms with van der Waals surface area (Å²) >= 11 is 0. The molecule has 0 aromatic heterocycles. The van der Waals surface area contributed by atoms with Crippen LogP contribution in [0, 0.1) is 16.0 Å². The number of non-ortho nitro benzene ring substituents is 1. The zero-order valence-electron chi connectivity index (χ0n) is 21.5. The third-order valence-corrected chi connectivity index (χ3v) is 7.15. The van der Waals surface area contributed by atoms with Gasteiger partial charge in [0.2, 0.25) is 5.91 Å². The molecule has 0 N–H and O–H groups in total. The van der Waals surface area contributed by atoms with E-state index < -0.39 is 34.9 Å². The van der Waals surface area contributed by atoms with Gasteiger partial charge in [-0.3, -0.25) is 29.4 Å². The lowest BCUT2D eigenvalue weighted by molar-refractivity contribution is -0.384. The van der Waals surface area contributed by atoms with Gasteiger partial charge in [-0.1, -0.05) is 60.7 Å². The lowest BCUT2D eigenvalue weighted by atomic mass is 9.90. The minimum atomic E-state index is -1.07. The van der Waals surface area contributed by atoms with Gasteiger partial charge in [-0.15, -0.1) is 0 Å². The molecule has 10 heteroatoms. The topological polar surface area (TPSA) is 119 Å². The molecule has 4 aromatic rings. The molecule has 0 spiro atoms. The number of imide groups is 1. The summed E-state index contributed by atoms with van der Waals surface area (Å²) in [6.07, 6.45) is -1.07. The molecular weight excluding hydrogens is 526 g/mol. The van der Waals surface area contributed by atoms with Gasteiger partial charge in [0.1, 0.15) is 11.7 Å². The Morgan fingerprint density at radius 1 is 0.829 bits per heavy atom. The number of nitro benzene ring substituents is 1. The van der Waals surface area contributed by atoms with Crippen LogP contribution in [0.15, 0.2) is 109 Å². The monoisotopic (exact) mass is 549 g/mol. The van der Waals surface area contributed by atoms with Gasteiger partial charge >= 0.3 is 5.97 Å². The number of nitro groups is 1. The quantitative estimate of drug-likeness (QED) is 0.105. The summed E-state index contributed by atoms with van der Waals surface area (Å²) in [5, 5.41) is 12.6. The van der Waals surface area contributed by atoms with Crippen LogP contribution in [0.1, 0.15) is 27.5 Å². The number of anilines is 1.